The number of carbonyl (C=O) groups excluding carboxylic acids is 1. The molecule has 1 aromatic carbocycles. The van der Waals surface area contributed by atoms with Crippen molar-refractivity contribution in [1.29, 1.82) is 0 Å². The third-order valence-electron chi connectivity index (χ3n) is 7.25. The second-order valence-corrected chi connectivity index (χ2v) is 9.67. The monoisotopic (exact) mass is 485 g/mol. The predicted molar refractivity (Wildman–Crippen MR) is 139 cm³/mol. The van der Waals surface area contributed by atoms with Crippen molar-refractivity contribution in [2.45, 2.75) is 44.9 Å². The molecular weight excluding hydrogens is 454 g/mol. The van der Waals surface area contributed by atoms with E-state index in [2.05, 4.69) is 32.3 Å². The van der Waals surface area contributed by atoms with Gasteiger partial charge in [-0.2, -0.15) is 0 Å². The van der Waals surface area contributed by atoms with Gasteiger partial charge in [-0.3, -0.25) is 9.88 Å². The molecule has 0 saturated carbocycles. The van der Waals surface area contributed by atoms with Gasteiger partial charge in [0.2, 0.25) is 0 Å². The van der Waals surface area contributed by atoms with Crippen LogP contribution in [0.2, 0.25) is 0 Å². The number of aromatic nitrogens is 3. The molecule has 2 N–H and O–H groups in total. The van der Waals surface area contributed by atoms with Crippen molar-refractivity contribution in [2.24, 2.45) is 0 Å². The zero-order chi connectivity index (χ0) is 24.5. The van der Waals surface area contributed by atoms with Crippen LogP contribution in [0.15, 0.2) is 48.8 Å². The number of carbonyl (C=O) groups is 1. The second-order valence-electron chi connectivity index (χ2n) is 9.67. The van der Waals surface area contributed by atoms with Crippen molar-refractivity contribution in [3.8, 4) is 11.4 Å². The van der Waals surface area contributed by atoms with E-state index >= 15 is 0 Å². The summed E-state index contributed by atoms with van der Waals surface area (Å²) in [5, 5.41) is 5.67. The molecule has 2 bridgehead atoms. The maximum absolute atomic E-state index is 12.3. The number of hydrogen-bond acceptors (Lipinski definition) is 7. The summed E-state index contributed by atoms with van der Waals surface area (Å²) in [7, 11) is 0. The number of pyridine rings is 1. The molecule has 2 saturated heterocycles. The van der Waals surface area contributed by atoms with Crippen LogP contribution in [0.1, 0.15) is 31.0 Å². The number of anilines is 3. The number of nitrogens with zero attached hydrogens (tertiary/aromatic N) is 5. The van der Waals surface area contributed by atoms with Gasteiger partial charge in [-0.25, -0.2) is 14.8 Å². The Kier molecular flexibility index (Phi) is 6.25. The summed E-state index contributed by atoms with van der Waals surface area (Å²) in [6, 6.07) is 10.9. The minimum absolute atomic E-state index is 0.303. The smallest absolute Gasteiger partial charge is 0.323 e. The predicted octanol–water partition coefficient (Wildman–Crippen LogP) is 3.93. The van der Waals surface area contributed by atoms with Gasteiger partial charge in [-0.05, 0) is 62.2 Å². The number of morpholine rings is 1. The number of benzene rings is 1. The number of urea groups is 1. The van der Waals surface area contributed by atoms with Crippen LogP contribution in [-0.4, -0.2) is 64.3 Å². The number of rotatable bonds is 5. The zero-order valence-electron chi connectivity index (χ0n) is 20.5. The molecule has 9 nitrogen and oxygen atoms in total. The first-order chi connectivity index (χ1) is 17.6. The van der Waals surface area contributed by atoms with Gasteiger partial charge in [0.25, 0.3) is 0 Å². The fourth-order valence-corrected chi connectivity index (χ4v) is 5.34. The van der Waals surface area contributed by atoms with E-state index in [0.29, 0.717) is 23.6 Å². The lowest BCUT2D eigenvalue weighted by atomic mass is 10.0. The summed E-state index contributed by atoms with van der Waals surface area (Å²) in [6.07, 6.45) is 7.12. The van der Waals surface area contributed by atoms with Crippen LogP contribution in [0.3, 0.4) is 0 Å². The number of likely N-dealkylation sites (N-methyl/N-ethyl adjacent to an activating group) is 1. The summed E-state index contributed by atoms with van der Waals surface area (Å²) >= 11 is 0. The first kappa shape index (κ1) is 22.9. The van der Waals surface area contributed by atoms with E-state index in [-0.39, 0.29) is 6.03 Å². The van der Waals surface area contributed by atoms with Crippen LogP contribution in [0.25, 0.3) is 11.4 Å². The van der Waals surface area contributed by atoms with Crippen molar-refractivity contribution in [3.63, 3.8) is 0 Å². The van der Waals surface area contributed by atoms with E-state index in [4.69, 9.17) is 14.7 Å². The first-order valence-corrected chi connectivity index (χ1v) is 12.8. The minimum Gasteiger partial charge on any atom is -0.371 e. The standard InChI is InChI=1S/C27H31N7O2/c1-2-33-14-11-23-24(17-33)31-25(32-26(23)34-15-21-7-8-22(16-34)36-21)18-3-5-19(6-4-18)29-27(35)30-20-9-12-28-13-10-20/h3-6,9-10,12-13,21-22H,2,7-8,11,14-17H2,1H3,(H2,28,29,30,35). The molecule has 2 unspecified atom stereocenters. The quantitative estimate of drug-likeness (QED) is 0.565. The largest absolute Gasteiger partial charge is 0.371 e. The van der Waals surface area contributed by atoms with Crippen LogP contribution < -0.4 is 15.5 Å². The Morgan fingerprint density at radius 1 is 1.00 bits per heavy atom. The number of fused-ring (bicyclic) bond motifs is 3. The summed E-state index contributed by atoms with van der Waals surface area (Å²) in [5.41, 5.74) is 4.73. The highest BCUT2D eigenvalue weighted by Crippen LogP contribution is 2.34. The van der Waals surface area contributed by atoms with Crippen molar-refractivity contribution in [3.05, 3.63) is 60.0 Å². The highest BCUT2D eigenvalue weighted by atomic mass is 16.5. The highest BCUT2D eigenvalue weighted by molar-refractivity contribution is 5.99. The molecule has 2 fully saturated rings. The average Bonchev–Trinajstić information content (AvgIpc) is 3.25. The van der Waals surface area contributed by atoms with Gasteiger partial charge in [0, 0.05) is 61.1 Å². The fraction of sp³-hybridized carbons (Fsp3) is 0.407. The first-order valence-electron chi connectivity index (χ1n) is 12.8. The van der Waals surface area contributed by atoms with Crippen LogP contribution in [0, 0.1) is 0 Å². The lowest BCUT2D eigenvalue weighted by Crippen LogP contribution is -2.44. The Bertz CT molecular complexity index is 1220. The zero-order valence-corrected chi connectivity index (χ0v) is 20.5. The third kappa shape index (κ3) is 4.76. The fourth-order valence-electron chi connectivity index (χ4n) is 5.34. The highest BCUT2D eigenvalue weighted by Gasteiger charge is 2.36. The molecule has 3 aliphatic rings. The Hall–Kier alpha value is -3.56. The van der Waals surface area contributed by atoms with E-state index in [0.717, 1.165) is 74.9 Å². The topological polar surface area (TPSA) is 95.5 Å². The number of nitrogens with one attached hydrogen (secondary N) is 2. The molecule has 2 aromatic heterocycles. The van der Waals surface area contributed by atoms with E-state index in [1.165, 1.54) is 5.56 Å². The van der Waals surface area contributed by atoms with Gasteiger partial charge in [0.1, 0.15) is 5.82 Å². The molecule has 186 valence electrons. The lowest BCUT2D eigenvalue weighted by Gasteiger charge is -2.36. The number of ether oxygens (including phenoxy) is 1. The van der Waals surface area contributed by atoms with Crippen LogP contribution in [-0.2, 0) is 17.7 Å². The van der Waals surface area contributed by atoms with Crippen molar-refractivity contribution in [2.75, 3.05) is 41.7 Å². The van der Waals surface area contributed by atoms with Gasteiger partial charge in [-0.15, -0.1) is 0 Å². The Labute approximate surface area is 210 Å². The van der Waals surface area contributed by atoms with E-state index in [1.807, 2.05) is 24.3 Å². The number of amides is 2. The van der Waals surface area contributed by atoms with Gasteiger partial charge in [0.15, 0.2) is 5.82 Å². The van der Waals surface area contributed by atoms with Crippen molar-refractivity contribution >= 4 is 23.2 Å². The summed E-state index contributed by atoms with van der Waals surface area (Å²) in [6.45, 7) is 6.89. The Morgan fingerprint density at radius 2 is 1.69 bits per heavy atom. The van der Waals surface area contributed by atoms with E-state index < -0.39 is 0 Å². The molecule has 9 heteroatoms. The molecule has 2 atom stereocenters. The molecule has 0 radical (unpaired) electrons. The lowest BCUT2D eigenvalue weighted by molar-refractivity contribution is 0.0301. The molecule has 0 spiro atoms. The molecule has 6 rings (SSSR count). The molecule has 3 aliphatic heterocycles. The maximum Gasteiger partial charge on any atom is 0.323 e. The number of hydrogen-bond donors (Lipinski definition) is 2. The minimum atomic E-state index is -0.303. The van der Waals surface area contributed by atoms with E-state index in [1.54, 1.807) is 24.5 Å². The van der Waals surface area contributed by atoms with Crippen molar-refractivity contribution in [1.82, 2.24) is 19.9 Å². The molecule has 2 amide bonds. The van der Waals surface area contributed by atoms with Gasteiger partial charge >= 0.3 is 6.03 Å². The average molecular weight is 486 g/mol. The van der Waals surface area contributed by atoms with Crippen molar-refractivity contribution < 1.29 is 9.53 Å². The Balaban J connectivity index is 1.25. The normalized spacial score (nSPS) is 21.2. The van der Waals surface area contributed by atoms with Gasteiger partial charge in [0.05, 0.1) is 17.9 Å². The molecular formula is C27H31N7O2. The summed E-state index contributed by atoms with van der Waals surface area (Å²) in [4.78, 5) is 31.3. The van der Waals surface area contributed by atoms with Gasteiger partial charge < -0.3 is 20.3 Å². The third-order valence-corrected chi connectivity index (χ3v) is 7.25. The van der Waals surface area contributed by atoms with Gasteiger partial charge in [-0.1, -0.05) is 6.92 Å². The van der Waals surface area contributed by atoms with Crippen LogP contribution in [0.4, 0.5) is 22.0 Å². The SMILES string of the molecule is CCN1CCc2c(nc(-c3ccc(NC(=O)Nc4ccncc4)cc3)nc2N2CC3CCC(C2)O3)C1. The maximum atomic E-state index is 12.3. The Morgan fingerprint density at radius 3 is 2.39 bits per heavy atom. The summed E-state index contributed by atoms with van der Waals surface area (Å²) < 4.78 is 6.09. The molecule has 3 aromatic rings. The van der Waals surface area contributed by atoms with Crippen LogP contribution in [0.5, 0.6) is 0 Å². The summed E-state index contributed by atoms with van der Waals surface area (Å²) in [5.74, 6) is 1.80. The molecule has 36 heavy (non-hydrogen) atoms. The molecule has 0 aliphatic carbocycles. The second kappa shape index (κ2) is 9.83. The molecule has 5 heterocycles. The van der Waals surface area contributed by atoms with E-state index in [9.17, 15) is 4.79 Å². The van der Waals surface area contributed by atoms with Crippen LogP contribution >= 0.6 is 0 Å².